The van der Waals surface area contributed by atoms with Crippen molar-refractivity contribution >= 4 is 5.97 Å². The lowest BCUT2D eigenvalue weighted by Gasteiger charge is -2.11. The number of esters is 1. The standard InChI is InChI=1S/C16H17NO3/c1-4-12(3)11-20-15-8-13(10-17)6-7-14(15)9-16(18)19-5-2/h4,6-8H,1,3,5,9,11H2,2H3. The smallest absolute Gasteiger partial charge is 0.310 e. The van der Waals surface area contributed by atoms with Crippen LogP contribution in [0.1, 0.15) is 18.1 Å². The van der Waals surface area contributed by atoms with Gasteiger partial charge in [0.05, 0.1) is 24.7 Å². The van der Waals surface area contributed by atoms with Crippen LogP contribution in [0.3, 0.4) is 0 Å². The first-order valence-electron chi connectivity index (χ1n) is 6.22. The molecule has 0 spiro atoms. The van der Waals surface area contributed by atoms with Crippen LogP contribution in [-0.2, 0) is 16.0 Å². The van der Waals surface area contributed by atoms with Crippen molar-refractivity contribution in [3.63, 3.8) is 0 Å². The van der Waals surface area contributed by atoms with Gasteiger partial charge in [-0.05, 0) is 24.6 Å². The zero-order valence-electron chi connectivity index (χ0n) is 11.5. The largest absolute Gasteiger partial charge is 0.489 e. The summed E-state index contributed by atoms with van der Waals surface area (Å²) in [6, 6.07) is 6.98. The molecule has 20 heavy (non-hydrogen) atoms. The van der Waals surface area contributed by atoms with Gasteiger partial charge in [0.1, 0.15) is 12.4 Å². The molecule has 0 bridgehead atoms. The van der Waals surface area contributed by atoms with E-state index in [4.69, 9.17) is 14.7 Å². The molecule has 0 radical (unpaired) electrons. The van der Waals surface area contributed by atoms with E-state index in [9.17, 15) is 4.79 Å². The Hall–Kier alpha value is -2.54. The highest BCUT2D eigenvalue weighted by Gasteiger charge is 2.11. The Morgan fingerprint density at radius 1 is 1.50 bits per heavy atom. The molecule has 0 heterocycles. The summed E-state index contributed by atoms with van der Waals surface area (Å²) in [6.45, 7) is 9.69. The number of ether oxygens (including phenoxy) is 2. The fraction of sp³-hybridized carbons (Fsp3) is 0.250. The summed E-state index contributed by atoms with van der Waals surface area (Å²) in [7, 11) is 0. The van der Waals surface area contributed by atoms with Crippen molar-refractivity contribution in [1.82, 2.24) is 0 Å². The van der Waals surface area contributed by atoms with Crippen LogP contribution in [-0.4, -0.2) is 19.2 Å². The van der Waals surface area contributed by atoms with Gasteiger partial charge < -0.3 is 9.47 Å². The number of hydrogen-bond acceptors (Lipinski definition) is 4. The third kappa shape index (κ3) is 4.62. The Labute approximate surface area is 118 Å². The summed E-state index contributed by atoms with van der Waals surface area (Å²) in [4.78, 5) is 11.5. The first-order valence-corrected chi connectivity index (χ1v) is 6.22. The molecule has 0 saturated carbocycles. The highest BCUT2D eigenvalue weighted by Crippen LogP contribution is 2.22. The maximum absolute atomic E-state index is 11.5. The molecule has 0 aliphatic carbocycles. The van der Waals surface area contributed by atoms with Gasteiger partial charge >= 0.3 is 5.97 Å². The SMILES string of the molecule is C=CC(=C)COc1cc(C#N)ccc1CC(=O)OCC. The second kappa shape index (κ2) is 7.80. The molecule has 0 fully saturated rings. The molecule has 0 atom stereocenters. The zero-order valence-corrected chi connectivity index (χ0v) is 11.5. The monoisotopic (exact) mass is 271 g/mol. The van der Waals surface area contributed by atoms with Crippen LogP contribution < -0.4 is 4.74 Å². The number of carbonyl (C=O) groups excluding carboxylic acids is 1. The number of nitriles is 1. The van der Waals surface area contributed by atoms with Crippen molar-refractivity contribution in [1.29, 1.82) is 5.26 Å². The van der Waals surface area contributed by atoms with Crippen LogP contribution in [0.2, 0.25) is 0 Å². The first kappa shape index (κ1) is 15.5. The number of benzene rings is 1. The van der Waals surface area contributed by atoms with E-state index in [1.54, 1.807) is 31.2 Å². The van der Waals surface area contributed by atoms with Gasteiger partial charge in [0, 0.05) is 5.56 Å². The Morgan fingerprint density at radius 2 is 2.25 bits per heavy atom. The van der Waals surface area contributed by atoms with E-state index in [0.29, 0.717) is 23.5 Å². The molecule has 0 aliphatic heterocycles. The lowest BCUT2D eigenvalue weighted by Crippen LogP contribution is -2.09. The molecule has 1 rings (SSSR count). The van der Waals surface area contributed by atoms with Crippen molar-refractivity contribution in [3.05, 3.63) is 54.1 Å². The van der Waals surface area contributed by atoms with Crippen LogP contribution in [0.4, 0.5) is 0 Å². The molecular weight excluding hydrogens is 254 g/mol. The maximum atomic E-state index is 11.5. The molecular formula is C16H17NO3. The number of rotatable bonds is 7. The molecule has 1 aromatic rings. The van der Waals surface area contributed by atoms with E-state index in [1.807, 2.05) is 6.07 Å². The lowest BCUT2D eigenvalue weighted by molar-refractivity contribution is -0.142. The van der Waals surface area contributed by atoms with Gasteiger partial charge in [-0.3, -0.25) is 4.79 Å². The fourth-order valence-electron chi connectivity index (χ4n) is 1.50. The Bertz CT molecular complexity index is 555. The molecule has 0 aliphatic rings. The average molecular weight is 271 g/mol. The van der Waals surface area contributed by atoms with Gasteiger partial charge in [0.15, 0.2) is 0 Å². The van der Waals surface area contributed by atoms with Crippen molar-refractivity contribution in [3.8, 4) is 11.8 Å². The molecule has 4 nitrogen and oxygen atoms in total. The Balaban J connectivity index is 2.91. The molecule has 0 saturated heterocycles. The molecule has 0 N–H and O–H groups in total. The van der Waals surface area contributed by atoms with E-state index in [-0.39, 0.29) is 19.0 Å². The van der Waals surface area contributed by atoms with Gasteiger partial charge in [-0.25, -0.2) is 0 Å². The molecule has 4 heteroatoms. The lowest BCUT2D eigenvalue weighted by atomic mass is 10.1. The van der Waals surface area contributed by atoms with Gasteiger partial charge in [-0.15, -0.1) is 0 Å². The highest BCUT2D eigenvalue weighted by atomic mass is 16.5. The van der Waals surface area contributed by atoms with E-state index in [2.05, 4.69) is 13.2 Å². The minimum atomic E-state index is -0.329. The van der Waals surface area contributed by atoms with Gasteiger partial charge in [-0.2, -0.15) is 5.26 Å². The van der Waals surface area contributed by atoms with E-state index < -0.39 is 0 Å². The molecule has 1 aromatic carbocycles. The van der Waals surface area contributed by atoms with Crippen molar-refractivity contribution in [2.24, 2.45) is 0 Å². The number of nitrogens with zero attached hydrogens (tertiary/aromatic N) is 1. The number of carbonyl (C=O) groups is 1. The fourth-order valence-corrected chi connectivity index (χ4v) is 1.50. The minimum Gasteiger partial charge on any atom is -0.489 e. The minimum absolute atomic E-state index is 0.107. The van der Waals surface area contributed by atoms with Gasteiger partial charge in [0.2, 0.25) is 0 Å². The normalized spacial score (nSPS) is 9.40. The predicted molar refractivity (Wildman–Crippen MR) is 76.3 cm³/mol. The second-order valence-corrected chi connectivity index (χ2v) is 4.07. The predicted octanol–water partition coefficient (Wildman–Crippen LogP) is 2.78. The van der Waals surface area contributed by atoms with E-state index in [0.717, 1.165) is 5.57 Å². The van der Waals surface area contributed by atoms with Gasteiger partial charge in [-0.1, -0.05) is 25.3 Å². The third-order valence-corrected chi connectivity index (χ3v) is 2.54. The van der Waals surface area contributed by atoms with Crippen molar-refractivity contribution < 1.29 is 14.3 Å². The van der Waals surface area contributed by atoms with Gasteiger partial charge in [0.25, 0.3) is 0 Å². The highest BCUT2D eigenvalue weighted by molar-refractivity contribution is 5.73. The second-order valence-electron chi connectivity index (χ2n) is 4.07. The van der Waals surface area contributed by atoms with Crippen LogP contribution in [0.5, 0.6) is 5.75 Å². The first-order chi connectivity index (χ1) is 9.60. The summed E-state index contributed by atoms with van der Waals surface area (Å²) in [5, 5.41) is 8.91. The summed E-state index contributed by atoms with van der Waals surface area (Å²) in [6.07, 6.45) is 1.70. The average Bonchev–Trinajstić information content (AvgIpc) is 2.46. The third-order valence-electron chi connectivity index (χ3n) is 2.54. The van der Waals surface area contributed by atoms with Crippen LogP contribution in [0, 0.1) is 11.3 Å². The summed E-state index contributed by atoms with van der Waals surface area (Å²) < 4.78 is 10.5. The number of hydrogen-bond donors (Lipinski definition) is 0. The van der Waals surface area contributed by atoms with E-state index >= 15 is 0 Å². The van der Waals surface area contributed by atoms with Crippen LogP contribution in [0.15, 0.2) is 43.0 Å². The summed E-state index contributed by atoms with van der Waals surface area (Å²) in [5.41, 5.74) is 1.87. The Kier molecular flexibility index (Phi) is 6.05. The topological polar surface area (TPSA) is 59.3 Å². The van der Waals surface area contributed by atoms with E-state index in [1.165, 1.54) is 0 Å². The molecule has 104 valence electrons. The van der Waals surface area contributed by atoms with Crippen molar-refractivity contribution in [2.75, 3.05) is 13.2 Å². The zero-order chi connectivity index (χ0) is 15.0. The summed E-state index contributed by atoms with van der Waals surface area (Å²) in [5.74, 6) is 0.157. The Morgan fingerprint density at radius 3 is 2.85 bits per heavy atom. The molecule has 0 unspecified atom stereocenters. The molecule has 0 aromatic heterocycles. The summed E-state index contributed by atoms with van der Waals surface area (Å²) >= 11 is 0. The molecule has 0 amide bonds. The van der Waals surface area contributed by atoms with Crippen LogP contribution in [0.25, 0.3) is 0 Å². The van der Waals surface area contributed by atoms with Crippen molar-refractivity contribution in [2.45, 2.75) is 13.3 Å². The van der Waals surface area contributed by atoms with Crippen LogP contribution >= 0.6 is 0 Å². The maximum Gasteiger partial charge on any atom is 0.310 e. The quantitative estimate of drug-likeness (QED) is 0.565.